The van der Waals surface area contributed by atoms with Gasteiger partial charge in [0.05, 0.1) is 34.3 Å². The number of carbonyl (C=O) groups is 1. The van der Waals surface area contributed by atoms with Crippen LogP contribution in [-0.4, -0.2) is 26.1 Å². The number of rotatable bonds is 6. The summed E-state index contributed by atoms with van der Waals surface area (Å²) < 4.78 is 35.0. The lowest BCUT2D eigenvalue weighted by molar-refractivity contribution is 0.0601. The molecule has 7 nitrogen and oxygen atoms in total. The number of benzene rings is 3. The molecular formula is C22H18N2O5S2. The molecule has 1 aromatic heterocycles. The Morgan fingerprint density at radius 3 is 2.42 bits per heavy atom. The lowest BCUT2D eigenvalue weighted by Crippen LogP contribution is -2.14. The fraction of sp³-hybridized carbons (Fsp3) is 0.0909. The summed E-state index contributed by atoms with van der Waals surface area (Å²) in [6.45, 7) is 0.413. The summed E-state index contributed by atoms with van der Waals surface area (Å²) in [5.41, 5.74) is 2.29. The molecule has 4 aromatic rings. The highest BCUT2D eigenvalue weighted by atomic mass is 32.2. The summed E-state index contributed by atoms with van der Waals surface area (Å²) in [5.74, 6) is -0.505. The first kappa shape index (κ1) is 20.8. The van der Waals surface area contributed by atoms with E-state index in [1.54, 1.807) is 10.6 Å². The van der Waals surface area contributed by atoms with E-state index >= 15 is 0 Å². The van der Waals surface area contributed by atoms with Crippen LogP contribution in [0.5, 0.6) is 0 Å². The number of hydrogen-bond donors (Lipinski definition) is 1. The maximum atomic E-state index is 12.8. The molecule has 0 unspecified atom stereocenters. The van der Waals surface area contributed by atoms with Gasteiger partial charge in [0, 0.05) is 5.69 Å². The Bertz CT molecular complexity index is 1410. The second kappa shape index (κ2) is 8.37. The molecule has 1 heterocycles. The molecule has 158 valence electrons. The fourth-order valence-electron chi connectivity index (χ4n) is 3.14. The van der Waals surface area contributed by atoms with E-state index in [0.717, 1.165) is 16.9 Å². The Labute approximate surface area is 182 Å². The minimum atomic E-state index is -3.88. The van der Waals surface area contributed by atoms with Crippen molar-refractivity contribution in [3.05, 3.63) is 93.6 Å². The highest BCUT2D eigenvalue weighted by molar-refractivity contribution is 7.92. The van der Waals surface area contributed by atoms with E-state index in [1.807, 2.05) is 30.3 Å². The zero-order valence-electron chi connectivity index (χ0n) is 16.4. The van der Waals surface area contributed by atoms with Crippen molar-refractivity contribution in [1.29, 1.82) is 0 Å². The lowest BCUT2D eigenvalue weighted by Gasteiger charge is -2.09. The molecule has 9 heteroatoms. The molecule has 0 atom stereocenters. The van der Waals surface area contributed by atoms with Crippen LogP contribution in [0.15, 0.2) is 82.5 Å². The van der Waals surface area contributed by atoms with Crippen LogP contribution >= 0.6 is 11.3 Å². The van der Waals surface area contributed by atoms with Gasteiger partial charge in [0.2, 0.25) is 0 Å². The quantitative estimate of drug-likeness (QED) is 0.448. The van der Waals surface area contributed by atoms with Crippen LogP contribution < -0.4 is 9.60 Å². The predicted octanol–water partition coefficient (Wildman–Crippen LogP) is 3.70. The average Bonchev–Trinajstić information content (AvgIpc) is 3.08. The zero-order chi connectivity index (χ0) is 22.0. The van der Waals surface area contributed by atoms with Gasteiger partial charge in [-0.15, -0.1) is 0 Å². The number of aromatic nitrogens is 1. The number of nitrogens with one attached hydrogen (secondary N) is 1. The van der Waals surface area contributed by atoms with Crippen LogP contribution in [-0.2, 0) is 21.3 Å². The number of methoxy groups -OCH3 is 1. The summed E-state index contributed by atoms with van der Waals surface area (Å²) in [6, 6.07) is 20.1. The Balaban J connectivity index is 1.62. The van der Waals surface area contributed by atoms with E-state index < -0.39 is 16.0 Å². The number of fused-ring (bicyclic) bond motifs is 1. The van der Waals surface area contributed by atoms with E-state index in [4.69, 9.17) is 0 Å². The van der Waals surface area contributed by atoms with Gasteiger partial charge >= 0.3 is 10.8 Å². The van der Waals surface area contributed by atoms with Crippen LogP contribution in [0.4, 0.5) is 5.69 Å². The van der Waals surface area contributed by atoms with Crippen molar-refractivity contribution in [2.24, 2.45) is 0 Å². The molecule has 3 aromatic carbocycles. The number of thiazole rings is 1. The third kappa shape index (κ3) is 4.37. The first-order chi connectivity index (χ1) is 14.9. The molecule has 0 fully saturated rings. The molecule has 0 bridgehead atoms. The van der Waals surface area contributed by atoms with Gasteiger partial charge in [-0.3, -0.25) is 14.1 Å². The number of carbonyl (C=O) groups excluding carboxylic acids is 1. The Morgan fingerprint density at radius 1 is 1.03 bits per heavy atom. The third-order valence-electron chi connectivity index (χ3n) is 4.69. The van der Waals surface area contributed by atoms with Gasteiger partial charge in [0.15, 0.2) is 0 Å². The molecule has 0 radical (unpaired) electrons. The van der Waals surface area contributed by atoms with Crippen molar-refractivity contribution in [3.8, 4) is 0 Å². The van der Waals surface area contributed by atoms with Crippen LogP contribution in [0.25, 0.3) is 10.2 Å². The molecule has 0 saturated carbocycles. The number of anilines is 1. The molecule has 0 saturated heterocycles. The number of nitrogens with zero attached hydrogens (tertiary/aromatic N) is 1. The van der Waals surface area contributed by atoms with E-state index in [1.165, 1.54) is 43.5 Å². The lowest BCUT2D eigenvalue weighted by atomic mass is 10.2. The highest BCUT2D eigenvalue weighted by Crippen LogP contribution is 2.24. The molecule has 0 amide bonds. The summed E-state index contributed by atoms with van der Waals surface area (Å²) in [4.78, 5) is 23.9. The molecule has 0 aliphatic rings. The van der Waals surface area contributed by atoms with Crippen LogP contribution in [0.3, 0.4) is 0 Å². The summed E-state index contributed by atoms with van der Waals surface area (Å²) in [5, 5.41) is 0. The van der Waals surface area contributed by atoms with Gasteiger partial charge in [0.1, 0.15) is 0 Å². The monoisotopic (exact) mass is 454 g/mol. The van der Waals surface area contributed by atoms with E-state index in [-0.39, 0.29) is 9.77 Å². The van der Waals surface area contributed by atoms with Crippen LogP contribution in [0.2, 0.25) is 0 Å². The van der Waals surface area contributed by atoms with Gasteiger partial charge in [0.25, 0.3) is 10.0 Å². The van der Waals surface area contributed by atoms with E-state index in [0.29, 0.717) is 28.0 Å². The summed E-state index contributed by atoms with van der Waals surface area (Å²) in [6.07, 6.45) is 0. The van der Waals surface area contributed by atoms with Crippen LogP contribution in [0, 0.1) is 0 Å². The van der Waals surface area contributed by atoms with Crippen molar-refractivity contribution in [1.82, 2.24) is 4.57 Å². The maximum absolute atomic E-state index is 12.8. The van der Waals surface area contributed by atoms with Crippen molar-refractivity contribution >= 4 is 43.2 Å². The van der Waals surface area contributed by atoms with Gasteiger partial charge in [-0.1, -0.05) is 41.7 Å². The van der Waals surface area contributed by atoms with Gasteiger partial charge in [-0.25, -0.2) is 13.2 Å². The highest BCUT2D eigenvalue weighted by Gasteiger charge is 2.17. The molecule has 31 heavy (non-hydrogen) atoms. The first-order valence-corrected chi connectivity index (χ1v) is 11.6. The average molecular weight is 455 g/mol. The summed E-state index contributed by atoms with van der Waals surface area (Å²) >= 11 is 1.01. The molecule has 0 spiro atoms. The topological polar surface area (TPSA) is 94.5 Å². The Hall–Kier alpha value is -3.43. The first-order valence-electron chi connectivity index (χ1n) is 9.26. The largest absolute Gasteiger partial charge is 0.465 e. The molecule has 0 aliphatic heterocycles. The minimum absolute atomic E-state index is 0.0464. The molecule has 0 aliphatic carbocycles. The molecular weight excluding hydrogens is 436 g/mol. The summed E-state index contributed by atoms with van der Waals surface area (Å²) in [7, 11) is -2.60. The predicted molar refractivity (Wildman–Crippen MR) is 120 cm³/mol. The number of ether oxygens (including phenoxy) is 1. The second-order valence-electron chi connectivity index (χ2n) is 6.74. The maximum Gasteiger partial charge on any atom is 0.337 e. The minimum Gasteiger partial charge on any atom is -0.465 e. The van der Waals surface area contributed by atoms with Crippen molar-refractivity contribution in [3.63, 3.8) is 0 Å². The standard InChI is InChI=1S/C22H18N2O5S2/c1-29-21(25)16-7-9-17(10-8-16)23-31(27,28)18-11-12-19-20(13-18)30-22(26)24(19)14-15-5-3-2-4-6-15/h2-13,23H,14H2,1H3. The van der Waals surface area contributed by atoms with Crippen LogP contribution in [0.1, 0.15) is 15.9 Å². The van der Waals surface area contributed by atoms with Crippen molar-refractivity contribution in [2.75, 3.05) is 11.8 Å². The zero-order valence-corrected chi connectivity index (χ0v) is 18.1. The number of sulfonamides is 1. The molecule has 1 N–H and O–H groups in total. The van der Waals surface area contributed by atoms with Gasteiger partial charge in [-0.2, -0.15) is 0 Å². The SMILES string of the molecule is COC(=O)c1ccc(NS(=O)(=O)c2ccc3c(c2)sc(=O)n3Cc2ccccc2)cc1. The van der Waals surface area contributed by atoms with E-state index in [2.05, 4.69) is 9.46 Å². The van der Waals surface area contributed by atoms with Gasteiger partial charge in [-0.05, 0) is 48.0 Å². The third-order valence-corrected chi connectivity index (χ3v) is 7.01. The Morgan fingerprint density at radius 2 is 1.74 bits per heavy atom. The van der Waals surface area contributed by atoms with Gasteiger partial charge < -0.3 is 4.74 Å². The molecule has 4 rings (SSSR count). The normalized spacial score (nSPS) is 11.4. The Kier molecular flexibility index (Phi) is 5.62. The van der Waals surface area contributed by atoms with Crippen molar-refractivity contribution in [2.45, 2.75) is 11.4 Å². The second-order valence-corrected chi connectivity index (χ2v) is 9.42. The number of hydrogen-bond acceptors (Lipinski definition) is 6. The van der Waals surface area contributed by atoms with E-state index in [9.17, 15) is 18.0 Å². The fourth-order valence-corrected chi connectivity index (χ4v) is 5.22. The smallest absolute Gasteiger partial charge is 0.337 e. The van der Waals surface area contributed by atoms with Crippen molar-refractivity contribution < 1.29 is 17.9 Å². The number of esters is 1.